The maximum Gasteiger partial charge on any atom is 0.146 e. The molecule has 0 bridgehead atoms. The molecule has 0 amide bonds. The van der Waals surface area contributed by atoms with Crippen molar-refractivity contribution in [3.63, 3.8) is 0 Å². The van der Waals surface area contributed by atoms with Crippen LogP contribution in [0.1, 0.15) is 25.7 Å². The van der Waals surface area contributed by atoms with Crippen molar-refractivity contribution in [2.75, 3.05) is 18.0 Å². The summed E-state index contributed by atoms with van der Waals surface area (Å²) in [6.45, 7) is 1.60. The van der Waals surface area contributed by atoms with Gasteiger partial charge in [-0.3, -0.25) is 0 Å². The van der Waals surface area contributed by atoms with Gasteiger partial charge in [-0.05, 0) is 25.0 Å². The van der Waals surface area contributed by atoms with Crippen molar-refractivity contribution in [2.24, 2.45) is 0 Å². The Morgan fingerprint density at radius 3 is 2.89 bits per heavy atom. The summed E-state index contributed by atoms with van der Waals surface area (Å²) in [4.78, 5) is 2.05. The fourth-order valence-electron chi connectivity index (χ4n) is 3.26. The van der Waals surface area contributed by atoms with Crippen molar-refractivity contribution in [3.8, 4) is 0 Å². The molecule has 0 aromatic heterocycles. The first kappa shape index (κ1) is 11.9. The minimum Gasteiger partial charge on any atom is -0.363 e. The van der Waals surface area contributed by atoms with Crippen LogP contribution in [-0.4, -0.2) is 25.2 Å². The van der Waals surface area contributed by atoms with Crippen LogP contribution in [0.15, 0.2) is 18.2 Å². The molecule has 2 atom stereocenters. The zero-order valence-electron chi connectivity index (χ0n) is 10.3. The van der Waals surface area contributed by atoms with Crippen LogP contribution in [0.5, 0.6) is 0 Å². The number of hydrogen-bond donors (Lipinski definition) is 1. The summed E-state index contributed by atoms with van der Waals surface area (Å²) in [5.41, 5.74) is 0.424. The molecular formula is C14H18F2N2. The summed E-state index contributed by atoms with van der Waals surface area (Å²) in [6.07, 6.45) is 4.61. The lowest BCUT2D eigenvalue weighted by molar-refractivity contribution is 0.282. The Kier molecular flexibility index (Phi) is 3.20. The predicted molar refractivity (Wildman–Crippen MR) is 67.8 cm³/mol. The zero-order valence-corrected chi connectivity index (χ0v) is 10.3. The summed E-state index contributed by atoms with van der Waals surface area (Å²) < 4.78 is 27.2. The van der Waals surface area contributed by atoms with Gasteiger partial charge in [0.1, 0.15) is 11.6 Å². The lowest BCUT2D eigenvalue weighted by Gasteiger charge is -2.46. The molecule has 1 heterocycles. The van der Waals surface area contributed by atoms with Crippen LogP contribution in [0.25, 0.3) is 0 Å². The molecule has 1 aliphatic carbocycles. The molecule has 2 nitrogen and oxygen atoms in total. The third-order valence-corrected chi connectivity index (χ3v) is 4.11. The molecule has 1 aromatic rings. The van der Waals surface area contributed by atoms with Gasteiger partial charge in [0.15, 0.2) is 0 Å². The van der Waals surface area contributed by atoms with Gasteiger partial charge in [-0.1, -0.05) is 12.8 Å². The number of anilines is 1. The van der Waals surface area contributed by atoms with Crippen molar-refractivity contribution in [1.29, 1.82) is 0 Å². The first-order chi connectivity index (χ1) is 8.75. The highest BCUT2D eigenvalue weighted by Gasteiger charge is 2.34. The van der Waals surface area contributed by atoms with Crippen molar-refractivity contribution < 1.29 is 8.78 Å². The van der Waals surface area contributed by atoms with E-state index >= 15 is 0 Å². The molecule has 2 fully saturated rings. The van der Waals surface area contributed by atoms with Gasteiger partial charge in [0.05, 0.1) is 5.69 Å². The van der Waals surface area contributed by atoms with Gasteiger partial charge < -0.3 is 10.2 Å². The van der Waals surface area contributed by atoms with E-state index in [2.05, 4.69) is 10.2 Å². The van der Waals surface area contributed by atoms with Crippen LogP contribution in [-0.2, 0) is 0 Å². The van der Waals surface area contributed by atoms with Gasteiger partial charge in [0.2, 0.25) is 0 Å². The molecule has 0 unspecified atom stereocenters. The van der Waals surface area contributed by atoms with E-state index in [0.717, 1.165) is 25.9 Å². The van der Waals surface area contributed by atoms with Crippen molar-refractivity contribution in [2.45, 2.75) is 37.8 Å². The second kappa shape index (κ2) is 4.84. The first-order valence-electron chi connectivity index (χ1n) is 6.71. The highest BCUT2D eigenvalue weighted by atomic mass is 19.1. The number of piperazine rings is 1. The monoisotopic (exact) mass is 252 g/mol. The number of rotatable bonds is 1. The third-order valence-electron chi connectivity index (χ3n) is 4.11. The van der Waals surface area contributed by atoms with E-state index in [1.165, 1.54) is 31.0 Å². The smallest absolute Gasteiger partial charge is 0.146 e. The number of fused-ring (bicyclic) bond motifs is 1. The average Bonchev–Trinajstić information content (AvgIpc) is 2.41. The Balaban J connectivity index is 1.91. The number of benzene rings is 1. The molecular weight excluding hydrogens is 234 g/mol. The summed E-state index contributed by atoms with van der Waals surface area (Å²) >= 11 is 0. The molecule has 2 aliphatic rings. The van der Waals surface area contributed by atoms with Crippen molar-refractivity contribution >= 4 is 5.69 Å². The number of nitrogens with one attached hydrogen (secondary N) is 1. The number of nitrogens with zero attached hydrogens (tertiary/aromatic N) is 1. The minimum atomic E-state index is -0.364. The van der Waals surface area contributed by atoms with Gasteiger partial charge in [-0.15, -0.1) is 0 Å². The second-order valence-electron chi connectivity index (χ2n) is 5.20. The van der Waals surface area contributed by atoms with Gasteiger partial charge in [-0.25, -0.2) is 8.78 Å². The summed E-state index contributed by atoms with van der Waals surface area (Å²) in [5, 5.41) is 3.50. The molecule has 1 N–H and O–H groups in total. The van der Waals surface area contributed by atoms with Crippen LogP contribution in [0.3, 0.4) is 0 Å². The fourth-order valence-corrected chi connectivity index (χ4v) is 3.26. The van der Waals surface area contributed by atoms with Gasteiger partial charge >= 0.3 is 0 Å². The van der Waals surface area contributed by atoms with E-state index in [0.29, 0.717) is 17.8 Å². The van der Waals surface area contributed by atoms with Crippen molar-refractivity contribution in [3.05, 3.63) is 29.8 Å². The van der Waals surface area contributed by atoms with Crippen LogP contribution in [0.2, 0.25) is 0 Å². The van der Waals surface area contributed by atoms with Gasteiger partial charge in [0, 0.05) is 31.2 Å². The van der Waals surface area contributed by atoms with Gasteiger partial charge in [-0.2, -0.15) is 0 Å². The van der Waals surface area contributed by atoms with Crippen LogP contribution in [0, 0.1) is 11.6 Å². The summed E-state index contributed by atoms with van der Waals surface area (Å²) in [5.74, 6) is -0.681. The fraction of sp³-hybridized carbons (Fsp3) is 0.571. The van der Waals surface area contributed by atoms with E-state index < -0.39 is 0 Å². The van der Waals surface area contributed by atoms with E-state index in [-0.39, 0.29) is 11.6 Å². The maximum atomic E-state index is 13.9. The van der Waals surface area contributed by atoms with E-state index in [4.69, 9.17) is 0 Å². The average molecular weight is 252 g/mol. The topological polar surface area (TPSA) is 15.3 Å². The van der Waals surface area contributed by atoms with Gasteiger partial charge in [0.25, 0.3) is 0 Å². The van der Waals surface area contributed by atoms with Crippen LogP contribution < -0.4 is 10.2 Å². The number of halogens is 2. The Morgan fingerprint density at radius 2 is 2.00 bits per heavy atom. The predicted octanol–water partition coefficient (Wildman–Crippen LogP) is 2.69. The van der Waals surface area contributed by atoms with E-state index in [1.807, 2.05) is 0 Å². The molecule has 3 rings (SSSR count). The molecule has 98 valence electrons. The Hall–Kier alpha value is -1.16. The largest absolute Gasteiger partial charge is 0.363 e. The third kappa shape index (κ3) is 2.09. The second-order valence-corrected chi connectivity index (χ2v) is 5.20. The van der Waals surface area contributed by atoms with Crippen molar-refractivity contribution in [1.82, 2.24) is 5.32 Å². The molecule has 18 heavy (non-hydrogen) atoms. The van der Waals surface area contributed by atoms with Crippen LogP contribution >= 0.6 is 0 Å². The molecule has 1 aromatic carbocycles. The normalized spacial score (nSPS) is 28.0. The number of hydrogen-bond acceptors (Lipinski definition) is 2. The quantitative estimate of drug-likeness (QED) is 0.826. The highest BCUT2D eigenvalue weighted by Crippen LogP contribution is 2.31. The lowest BCUT2D eigenvalue weighted by atomic mass is 9.87. The Labute approximate surface area is 106 Å². The molecule has 0 radical (unpaired) electrons. The lowest BCUT2D eigenvalue weighted by Crippen LogP contribution is -2.59. The first-order valence-corrected chi connectivity index (χ1v) is 6.71. The minimum absolute atomic E-state index is 0.309. The molecule has 4 heteroatoms. The van der Waals surface area contributed by atoms with E-state index in [1.54, 1.807) is 0 Å². The Morgan fingerprint density at radius 1 is 1.17 bits per heavy atom. The molecule has 0 spiro atoms. The zero-order chi connectivity index (χ0) is 12.5. The molecule has 1 aliphatic heterocycles. The van der Waals surface area contributed by atoms with Crippen LogP contribution in [0.4, 0.5) is 14.5 Å². The summed E-state index contributed by atoms with van der Waals surface area (Å²) in [7, 11) is 0. The molecule has 1 saturated carbocycles. The van der Waals surface area contributed by atoms with E-state index in [9.17, 15) is 8.78 Å². The maximum absolute atomic E-state index is 13.9. The Bertz CT molecular complexity index is 434. The highest BCUT2D eigenvalue weighted by molar-refractivity contribution is 5.50. The SMILES string of the molecule is Fc1ccc(F)c(N2CCN[C@H]3CCCC[C@@H]32)c1. The summed E-state index contributed by atoms with van der Waals surface area (Å²) in [6, 6.07) is 4.47. The standard InChI is InChI=1S/C14H18F2N2/c15-10-5-6-11(16)14(9-10)18-8-7-17-12-3-1-2-4-13(12)18/h5-6,9,12-13,17H,1-4,7-8H2/t12-,13-/m0/s1. The molecule has 1 saturated heterocycles.